The first-order valence-electron chi connectivity index (χ1n) is 9.38. The molecule has 0 saturated heterocycles. The number of ether oxygens (including phenoxy) is 2. The number of H-pyrrole nitrogens is 1. The zero-order valence-electron chi connectivity index (χ0n) is 17.6. The number of carbonyl (C=O) groups excluding carboxylic acids is 1. The molecule has 2 aromatic heterocycles. The third-order valence-corrected chi connectivity index (χ3v) is 4.73. The average molecular weight is 391 g/mol. The second kappa shape index (κ2) is 7.25. The van der Waals surface area contributed by atoms with Gasteiger partial charge in [0.15, 0.2) is 0 Å². The number of pyridine rings is 1. The maximum Gasteiger partial charge on any atom is 0.341 e. The Morgan fingerprint density at radius 2 is 1.86 bits per heavy atom. The summed E-state index contributed by atoms with van der Waals surface area (Å²) in [5.74, 6) is 0.0803. The van der Waals surface area contributed by atoms with Crippen molar-refractivity contribution in [3.05, 3.63) is 58.9 Å². The van der Waals surface area contributed by atoms with Gasteiger partial charge in [-0.1, -0.05) is 12.1 Å². The first kappa shape index (κ1) is 20.4. The molecule has 0 aliphatic heterocycles. The average Bonchev–Trinajstić information content (AvgIpc) is 3.06. The van der Waals surface area contributed by atoms with Crippen molar-refractivity contribution in [3.8, 4) is 11.9 Å². The van der Waals surface area contributed by atoms with E-state index in [9.17, 15) is 10.1 Å². The lowest BCUT2D eigenvalue weighted by Crippen LogP contribution is -2.28. The number of hydrogen-bond donors (Lipinski definition) is 1. The van der Waals surface area contributed by atoms with Crippen molar-refractivity contribution in [2.24, 2.45) is 0 Å². The molecule has 0 amide bonds. The largest absolute Gasteiger partial charge is 0.481 e. The second-order valence-electron chi connectivity index (χ2n) is 8.44. The molecule has 1 N–H and O–H groups in total. The minimum Gasteiger partial charge on any atom is -0.481 e. The van der Waals surface area contributed by atoms with Crippen molar-refractivity contribution in [2.45, 2.75) is 45.6 Å². The van der Waals surface area contributed by atoms with Crippen LogP contribution in [0.3, 0.4) is 0 Å². The summed E-state index contributed by atoms with van der Waals surface area (Å²) in [6.07, 6.45) is 0. The SMILES string of the molecule is COc1cccc(C(C)(C)c2[nH]c3cc(C#N)ccc3c2C(=O)OC(C)(C)C)n1. The highest BCUT2D eigenvalue weighted by Crippen LogP contribution is 2.37. The number of esters is 1. The van der Waals surface area contributed by atoms with Crippen LogP contribution in [0.5, 0.6) is 5.88 Å². The maximum absolute atomic E-state index is 13.2. The summed E-state index contributed by atoms with van der Waals surface area (Å²) in [6, 6.07) is 12.9. The smallest absolute Gasteiger partial charge is 0.341 e. The van der Waals surface area contributed by atoms with Crippen LogP contribution >= 0.6 is 0 Å². The Hall–Kier alpha value is -3.33. The number of carbonyl (C=O) groups is 1. The molecule has 0 saturated carbocycles. The first-order valence-corrected chi connectivity index (χ1v) is 9.38. The highest BCUT2D eigenvalue weighted by atomic mass is 16.6. The van der Waals surface area contributed by atoms with Crippen molar-refractivity contribution in [1.29, 1.82) is 5.26 Å². The molecule has 1 aromatic carbocycles. The predicted octanol–water partition coefficient (Wildman–Crippen LogP) is 4.72. The Bertz CT molecular complexity index is 1110. The van der Waals surface area contributed by atoms with Crippen LogP contribution in [0, 0.1) is 11.3 Å². The van der Waals surface area contributed by atoms with Crippen LogP contribution in [0.15, 0.2) is 36.4 Å². The number of benzene rings is 1. The number of aromatic nitrogens is 2. The Morgan fingerprint density at radius 1 is 1.14 bits per heavy atom. The lowest BCUT2D eigenvalue weighted by molar-refractivity contribution is 0.00695. The first-order chi connectivity index (χ1) is 13.6. The van der Waals surface area contributed by atoms with Gasteiger partial charge in [0.2, 0.25) is 5.88 Å². The van der Waals surface area contributed by atoms with Crippen molar-refractivity contribution in [3.63, 3.8) is 0 Å². The predicted molar refractivity (Wildman–Crippen MR) is 111 cm³/mol. The van der Waals surface area contributed by atoms with Gasteiger partial charge in [0.05, 0.1) is 30.0 Å². The summed E-state index contributed by atoms with van der Waals surface area (Å²) in [4.78, 5) is 21.1. The molecule has 0 fully saturated rings. The van der Waals surface area contributed by atoms with Gasteiger partial charge in [-0.15, -0.1) is 0 Å². The number of fused-ring (bicyclic) bond motifs is 1. The molecular formula is C23H25N3O3. The van der Waals surface area contributed by atoms with E-state index in [-0.39, 0.29) is 0 Å². The molecule has 0 spiro atoms. The van der Waals surface area contributed by atoms with Crippen LogP contribution in [-0.2, 0) is 10.2 Å². The van der Waals surface area contributed by atoms with Gasteiger partial charge in [-0.2, -0.15) is 5.26 Å². The van der Waals surface area contributed by atoms with Crippen LogP contribution in [0.25, 0.3) is 10.9 Å². The molecule has 2 heterocycles. The summed E-state index contributed by atoms with van der Waals surface area (Å²) in [5.41, 5.74) is 1.81. The summed E-state index contributed by atoms with van der Waals surface area (Å²) in [7, 11) is 1.57. The molecule has 6 nitrogen and oxygen atoms in total. The van der Waals surface area contributed by atoms with E-state index in [1.807, 2.05) is 46.8 Å². The number of hydrogen-bond acceptors (Lipinski definition) is 5. The molecule has 0 aliphatic rings. The summed E-state index contributed by atoms with van der Waals surface area (Å²) >= 11 is 0. The standard InChI is InChI=1S/C23H25N3O3/c1-22(2,3)29-21(27)19-15-11-10-14(13-24)12-16(15)25-20(19)23(4,5)17-8-7-9-18(26-17)28-6/h7-12,25H,1-6H3. The van der Waals surface area contributed by atoms with Crippen LogP contribution in [0.1, 0.15) is 61.9 Å². The number of nitriles is 1. The van der Waals surface area contributed by atoms with E-state index in [4.69, 9.17) is 9.47 Å². The van der Waals surface area contributed by atoms with Gasteiger partial charge < -0.3 is 14.5 Å². The van der Waals surface area contributed by atoms with Gasteiger partial charge in [-0.25, -0.2) is 9.78 Å². The lowest BCUT2D eigenvalue weighted by Gasteiger charge is -2.26. The van der Waals surface area contributed by atoms with Gasteiger partial charge in [-0.05, 0) is 52.8 Å². The van der Waals surface area contributed by atoms with E-state index >= 15 is 0 Å². The number of nitrogens with zero attached hydrogens (tertiary/aromatic N) is 2. The minimum absolute atomic E-state index is 0.417. The van der Waals surface area contributed by atoms with Crippen molar-refractivity contribution >= 4 is 16.9 Å². The fourth-order valence-electron chi connectivity index (χ4n) is 3.28. The fourth-order valence-corrected chi connectivity index (χ4v) is 3.28. The Balaban J connectivity index is 2.26. The molecule has 0 atom stereocenters. The summed E-state index contributed by atoms with van der Waals surface area (Å²) in [5, 5.41) is 9.96. The maximum atomic E-state index is 13.2. The van der Waals surface area contributed by atoms with Gasteiger partial charge in [0, 0.05) is 28.1 Å². The molecule has 0 bridgehead atoms. The molecule has 150 valence electrons. The third kappa shape index (κ3) is 3.95. The summed E-state index contributed by atoms with van der Waals surface area (Å²) in [6.45, 7) is 9.48. The Morgan fingerprint density at radius 3 is 2.48 bits per heavy atom. The van der Waals surface area contributed by atoms with Gasteiger partial charge in [-0.3, -0.25) is 0 Å². The fraction of sp³-hybridized carbons (Fsp3) is 0.348. The van der Waals surface area contributed by atoms with E-state index in [2.05, 4.69) is 16.0 Å². The molecule has 3 aromatic rings. The Kier molecular flexibility index (Phi) is 5.10. The van der Waals surface area contributed by atoms with Gasteiger partial charge in [0.1, 0.15) is 5.60 Å². The van der Waals surface area contributed by atoms with Gasteiger partial charge >= 0.3 is 5.97 Å². The van der Waals surface area contributed by atoms with E-state index in [1.165, 1.54) is 0 Å². The molecule has 3 rings (SSSR count). The molecule has 6 heteroatoms. The molecule has 29 heavy (non-hydrogen) atoms. The van der Waals surface area contributed by atoms with E-state index in [1.54, 1.807) is 31.4 Å². The zero-order chi connectivity index (χ0) is 21.4. The van der Waals surface area contributed by atoms with E-state index in [0.717, 1.165) is 5.69 Å². The highest BCUT2D eigenvalue weighted by Gasteiger charge is 2.35. The molecular weight excluding hydrogens is 366 g/mol. The van der Waals surface area contributed by atoms with Crippen molar-refractivity contribution in [1.82, 2.24) is 9.97 Å². The van der Waals surface area contributed by atoms with Crippen LogP contribution in [0.2, 0.25) is 0 Å². The number of nitrogens with one attached hydrogen (secondary N) is 1. The monoisotopic (exact) mass is 391 g/mol. The zero-order valence-corrected chi connectivity index (χ0v) is 17.6. The second-order valence-corrected chi connectivity index (χ2v) is 8.44. The van der Waals surface area contributed by atoms with Crippen molar-refractivity contribution < 1.29 is 14.3 Å². The molecule has 0 radical (unpaired) electrons. The van der Waals surface area contributed by atoms with E-state index < -0.39 is 17.0 Å². The topological polar surface area (TPSA) is 88.0 Å². The minimum atomic E-state index is -0.646. The van der Waals surface area contributed by atoms with Crippen LogP contribution in [-0.4, -0.2) is 28.6 Å². The van der Waals surface area contributed by atoms with Crippen molar-refractivity contribution in [2.75, 3.05) is 7.11 Å². The molecule has 0 unspecified atom stereocenters. The number of methoxy groups -OCH3 is 1. The normalized spacial score (nSPS) is 11.9. The lowest BCUT2D eigenvalue weighted by atomic mass is 9.82. The summed E-state index contributed by atoms with van der Waals surface area (Å²) < 4.78 is 11.0. The number of aromatic amines is 1. The number of rotatable bonds is 4. The van der Waals surface area contributed by atoms with E-state index in [0.29, 0.717) is 33.6 Å². The third-order valence-electron chi connectivity index (χ3n) is 4.73. The highest BCUT2D eigenvalue weighted by molar-refractivity contribution is 6.06. The van der Waals surface area contributed by atoms with Crippen LogP contribution in [0.4, 0.5) is 0 Å². The molecule has 0 aliphatic carbocycles. The Labute approximate surface area is 170 Å². The van der Waals surface area contributed by atoms with Gasteiger partial charge in [0.25, 0.3) is 0 Å². The quantitative estimate of drug-likeness (QED) is 0.650. The van der Waals surface area contributed by atoms with Crippen LogP contribution < -0.4 is 4.74 Å².